The molecular weight excluding hydrogens is 350 g/mol. The molecule has 3 N–H and O–H groups in total. The Morgan fingerprint density at radius 2 is 2.04 bits per heavy atom. The lowest BCUT2D eigenvalue weighted by Crippen LogP contribution is -2.44. The molecule has 2 rings (SSSR count). The molecule has 0 spiro atoms. The smallest absolute Gasteiger partial charge is 0.229 e. The summed E-state index contributed by atoms with van der Waals surface area (Å²) < 4.78 is 25.6. The number of nitrogens with one attached hydrogen (secondary N) is 3. The molecule has 8 heteroatoms. The largest absolute Gasteiger partial charge is 0.357 e. The molecule has 1 aromatic carbocycles. The van der Waals surface area contributed by atoms with Crippen molar-refractivity contribution in [2.24, 2.45) is 4.99 Å². The summed E-state index contributed by atoms with van der Waals surface area (Å²) in [7, 11) is -3.31. The standard InChI is InChI=1S/C18H31N5O2S/c1-4-19-18(21-14-16-10-8-12-23(16)5-2)20-13-15-9-6-7-11-17(15)22-26(3,24)25/h6-7,9,11,16,22H,4-5,8,10,12-14H2,1-3H3,(H2,19,20,21). The van der Waals surface area contributed by atoms with Crippen LogP contribution in [0.1, 0.15) is 32.3 Å². The molecule has 1 atom stereocenters. The van der Waals surface area contributed by atoms with Crippen LogP contribution in [0, 0.1) is 0 Å². The van der Waals surface area contributed by atoms with Crippen molar-refractivity contribution in [2.45, 2.75) is 39.3 Å². The molecule has 1 aliphatic rings. The highest BCUT2D eigenvalue weighted by atomic mass is 32.2. The number of anilines is 1. The minimum absolute atomic E-state index is 0.399. The Kier molecular flexibility index (Phi) is 7.71. The Labute approximate surface area is 157 Å². The third kappa shape index (κ3) is 6.49. The molecule has 1 aliphatic heterocycles. The Balaban J connectivity index is 2.02. The molecule has 26 heavy (non-hydrogen) atoms. The van der Waals surface area contributed by atoms with Crippen molar-refractivity contribution in [1.29, 1.82) is 0 Å². The van der Waals surface area contributed by atoms with E-state index in [1.54, 1.807) is 6.07 Å². The normalized spacial score (nSPS) is 18.7. The maximum absolute atomic E-state index is 11.5. The summed E-state index contributed by atoms with van der Waals surface area (Å²) in [5.74, 6) is 0.754. The quantitative estimate of drug-likeness (QED) is 0.470. The topological polar surface area (TPSA) is 85.8 Å². The zero-order chi connectivity index (χ0) is 19.0. The number of nitrogens with zero attached hydrogens (tertiary/aromatic N) is 2. The van der Waals surface area contributed by atoms with E-state index in [0.29, 0.717) is 18.3 Å². The van der Waals surface area contributed by atoms with Crippen LogP contribution in [-0.4, -0.2) is 57.8 Å². The first-order chi connectivity index (χ1) is 12.4. The first-order valence-electron chi connectivity index (χ1n) is 9.24. The second kappa shape index (κ2) is 9.78. The molecule has 1 aromatic rings. The van der Waals surface area contributed by atoms with E-state index in [4.69, 9.17) is 0 Å². The summed E-state index contributed by atoms with van der Waals surface area (Å²) in [4.78, 5) is 7.12. The van der Waals surface area contributed by atoms with Crippen molar-refractivity contribution < 1.29 is 8.42 Å². The van der Waals surface area contributed by atoms with Crippen LogP contribution in [0.15, 0.2) is 29.3 Å². The van der Waals surface area contributed by atoms with Crippen LogP contribution in [0.5, 0.6) is 0 Å². The van der Waals surface area contributed by atoms with Crippen LogP contribution in [0.3, 0.4) is 0 Å². The fourth-order valence-corrected chi connectivity index (χ4v) is 3.82. The highest BCUT2D eigenvalue weighted by Gasteiger charge is 2.22. The third-order valence-electron chi connectivity index (χ3n) is 4.47. The third-order valence-corrected chi connectivity index (χ3v) is 5.07. The molecule has 0 saturated carbocycles. The van der Waals surface area contributed by atoms with Crippen LogP contribution in [0.4, 0.5) is 5.69 Å². The lowest BCUT2D eigenvalue weighted by Gasteiger charge is -2.24. The first-order valence-corrected chi connectivity index (χ1v) is 11.1. The minimum atomic E-state index is -3.31. The van der Waals surface area contributed by atoms with E-state index in [1.807, 2.05) is 25.1 Å². The van der Waals surface area contributed by atoms with Gasteiger partial charge in [0.05, 0.1) is 18.5 Å². The van der Waals surface area contributed by atoms with Gasteiger partial charge in [-0.15, -0.1) is 0 Å². The van der Waals surface area contributed by atoms with Gasteiger partial charge in [0.1, 0.15) is 0 Å². The van der Waals surface area contributed by atoms with Gasteiger partial charge in [0, 0.05) is 19.1 Å². The van der Waals surface area contributed by atoms with Crippen molar-refractivity contribution in [1.82, 2.24) is 15.5 Å². The number of likely N-dealkylation sites (N-methyl/N-ethyl adjacent to an activating group) is 1. The SMILES string of the molecule is CCNC(=NCc1ccccc1NS(C)(=O)=O)NCC1CCCN1CC. The Hall–Kier alpha value is -1.80. The molecule has 0 aliphatic carbocycles. The number of para-hydroxylation sites is 1. The zero-order valence-corrected chi connectivity index (χ0v) is 16.8. The van der Waals surface area contributed by atoms with Gasteiger partial charge in [-0.2, -0.15) is 0 Å². The van der Waals surface area contributed by atoms with Crippen molar-refractivity contribution in [2.75, 3.05) is 37.2 Å². The monoisotopic (exact) mass is 381 g/mol. The lowest BCUT2D eigenvalue weighted by atomic mass is 10.2. The molecule has 1 fully saturated rings. The van der Waals surface area contributed by atoms with E-state index in [1.165, 1.54) is 19.4 Å². The summed E-state index contributed by atoms with van der Waals surface area (Å²) in [6.07, 6.45) is 3.61. The second-order valence-electron chi connectivity index (χ2n) is 6.53. The van der Waals surface area contributed by atoms with Crippen molar-refractivity contribution in [3.8, 4) is 0 Å². The average Bonchev–Trinajstić information content (AvgIpc) is 3.04. The van der Waals surface area contributed by atoms with Gasteiger partial charge in [0.15, 0.2) is 5.96 Å². The first kappa shape index (κ1) is 20.5. The van der Waals surface area contributed by atoms with E-state index >= 15 is 0 Å². The van der Waals surface area contributed by atoms with Crippen molar-refractivity contribution in [3.63, 3.8) is 0 Å². The average molecular weight is 382 g/mol. The Morgan fingerprint density at radius 3 is 2.73 bits per heavy atom. The number of guanidine groups is 1. The second-order valence-corrected chi connectivity index (χ2v) is 8.28. The molecule has 0 bridgehead atoms. The van der Waals surface area contributed by atoms with E-state index < -0.39 is 10.0 Å². The lowest BCUT2D eigenvalue weighted by molar-refractivity contribution is 0.267. The summed E-state index contributed by atoms with van der Waals surface area (Å²) in [5, 5.41) is 6.68. The van der Waals surface area contributed by atoms with Gasteiger partial charge in [-0.1, -0.05) is 25.1 Å². The number of benzene rings is 1. The van der Waals surface area contributed by atoms with Gasteiger partial charge in [-0.05, 0) is 44.5 Å². The number of likely N-dealkylation sites (tertiary alicyclic amines) is 1. The van der Waals surface area contributed by atoms with E-state index in [2.05, 4.69) is 32.2 Å². The molecule has 1 heterocycles. The number of hydrogen-bond donors (Lipinski definition) is 3. The molecular formula is C18H31N5O2S. The predicted octanol–water partition coefficient (Wildman–Crippen LogP) is 1.60. The van der Waals surface area contributed by atoms with E-state index in [0.717, 1.165) is 37.4 Å². The summed E-state index contributed by atoms with van der Waals surface area (Å²) in [6, 6.07) is 7.88. The predicted molar refractivity (Wildman–Crippen MR) is 108 cm³/mol. The Bertz CT molecular complexity index is 705. The molecule has 0 radical (unpaired) electrons. The number of sulfonamides is 1. The van der Waals surface area contributed by atoms with Crippen LogP contribution >= 0.6 is 0 Å². The van der Waals surface area contributed by atoms with Crippen LogP contribution in [-0.2, 0) is 16.6 Å². The molecule has 146 valence electrons. The van der Waals surface area contributed by atoms with Gasteiger partial charge in [-0.25, -0.2) is 13.4 Å². The molecule has 0 amide bonds. The van der Waals surface area contributed by atoms with Gasteiger partial charge in [0.2, 0.25) is 10.0 Å². The fraction of sp³-hybridized carbons (Fsp3) is 0.611. The zero-order valence-electron chi connectivity index (χ0n) is 16.0. The van der Waals surface area contributed by atoms with Crippen LogP contribution < -0.4 is 15.4 Å². The van der Waals surface area contributed by atoms with Gasteiger partial charge >= 0.3 is 0 Å². The maximum Gasteiger partial charge on any atom is 0.229 e. The highest BCUT2D eigenvalue weighted by Crippen LogP contribution is 2.17. The number of rotatable bonds is 8. The van der Waals surface area contributed by atoms with Gasteiger partial charge in [-0.3, -0.25) is 9.62 Å². The molecule has 1 unspecified atom stereocenters. The fourth-order valence-electron chi connectivity index (χ4n) is 3.22. The van der Waals surface area contributed by atoms with Crippen molar-refractivity contribution in [3.05, 3.63) is 29.8 Å². The number of aliphatic imine (C=N–C) groups is 1. The molecule has 0 aromatic heterocycles. The summed E-state index contributed by atoms with van der Waals surface area (Å²) in [5.41, 5.74) is 1.41. The summed E-state index contributed by atoms with van der Waals surface area (Å²) in [6.45, 7) is 8.51. The molecule has 1 saturated heterocycles. The van der Waals surface area contributed by atoms with Gasteiger partial charge < -0.3 is 10.6 Å². The van der Waals surface area contributed by atoms with Crippen molar-refractivity contribution >= 4 is 21.7 Å². The summed E-state index contributed by atoms with van der Waals surface area (Å²) >= 11 is 0. The molecule has 7 nitrogen and oxygen atoms in total. The Morgan fingerprint density at radius 1 is 1.27 bits per heavy atom. The van der Waals surface area contributed by atoms with Crippen LogP contribution in [0.2, 0.25) is 0 Å². The van der Waals surface area contributed by atoms with Gasteiger partial charge in [0.25, 0.3) is 0 Å². The van der Waals surface area contributed by atoms with E-state index in [9.17, 15) is 8.42 Å². The van der Waals surface area contributed by atoms with Crippen LogP contribution in [0.25, 0.3) is 0 Å². The maximum atomic E-state index is 11.5. The minimum Gasteiger partial charge on any atom is -0.357 e. The van der Waals surface area contributed by atoms with E-state index in [-0.39, 0.29) is 0 Å². The highest BCUT2D eigenvalue weighted by molar-refractivity contribution is 7.92. The number of hydrogen-bond acceptors (Lipinski definition) is 4.